The van der Waals surface area contributed by atoms with E-state index in [2.05, 4.69) is 29.6 Å². The van der Waals surface area contributed by atoms with Gasteiger partial charge >= 0.3 is 0 Å². The molecule has 0 aliphatic carbocycles. The maximum atomic E-state index is 12.5. The second-order valence-corrected chi connectivity index (χ2v) is 5.90. The SMILES string of the molecule is Cc1ccccc1C(=O)NCC(c1ccccc1)c1ccccc1. The molecule has 2 nitrogen and oxygen atoms in total. The molecule has 24 heavy (non-hydrogen) atoms. The van der Waals surface area contributed by atoms with E-state index in [1.165, 1.54) is 11.1 Å². The van der Waals surface area contributed by atoms with Crippen molar-refractivity contribution in [2.75, 3.05) is 6.54 Å². The molecule has 3 aromatic carbocycles. The molecule has 0 radical (unpaired) electrons. The molecule has 0 aromatic heterocycles. The van der Waals surface area contributed by atoms with Crippen LogP contribution in [0.5, 0.6) is 0 Å². The highest BCUT2D eigenvalue weighted by Gasteiger charge is 2.16. The summed E-state index contributed by atoms with van der Waals surface area (Å²) in [6.07, 6.45) is 0. The standard InChI is InChI=1S/C22H21NO/c1-17-10-8-9-15-20(17)22(24)23-16-21(18-11-4-2-5-12-18)19-13-6-3-7-14-19/h2-15,21H,16H2,1H3,(H,23,24). The summed E-state index contributed by atoms with van der Waals surface area (Å²) in [5.41, 5.74) is 4.13. The Morgan fingerprint density at radius 1 is 0.792 bits per heavy atom. The average Bonchev–Trinajstić information content (AvgIpc) is 2.64. The first-order valence-electron chi connectivity index (χ1n) is 8.19. The number of carbonyl (C=O) groups is 1. The van der Waals surface area contributed by atoms with Crippen molar-refractivity contribution in [1.29, 1.82) is 0 Å². The summed E-state index contributed by atoms with van der Waals surface area (Å²) in [7, 11) is 0. The summed E-state index contributed by atoms with van der Waals surface area (Å²) in [4.78, 5) is 12.5. The lowest BCUT2D eigenvalue weighted by Gasteiger charge is -2.19. The van der Waals surface area contributed by atoms with Gasteiger partial charge in [-0.1, -0.05) is 78.9 Å². The Hall–Kier alpha value is -2.87. The van der Waals surface area contributed by atoms with Gasteiger partial charge in [-0.15, -0.1) is 0 Å². The summed E-state index contributed by atoms with van der Waals surface area (Å²) in [6.45, 7) is 2.53. The second kappa shape index (κ2) is 7.60. The van der Waals surface area contributed by atoms with Crippen LogP contribution in [0.1, 0.15) is 33.0 Å². The summed E-state index contributed by atoms with van der Waals surface area (Å²) in [5.74, 6) is 0.116. The molecular formula is C22H21NO. The second-order valence-electron chi connectivity index (χ2n) is 5.90. The van der Waals surface area contributed by atoms with Crippen molar-refractivity contribution >= 4 is 5.91 Å². The number of benzene rings is 3. The fourth-order valence-corrected chi connectivity index (χ4v) is 2.92. The van der Waals surface area contributed by atoms with Gasteiger partial charge in [-0.05, 0) is 29.7 Å². The minimum Gasteiger partial charge on any atom is -0.351 e. The van der Waals surface area contributed by atoms with Gasteiger partial charge in [0.05, 0.1) is 0 Å². The maximum absolute atomic E-state index is 12.5. The molecule has 1 N–H and O–H groups in total. The molecule has 0 saturated heterocycles. The predicted molar refractivity (Wildman–Crippen MR) is 98.2 cm³/mol. The third-order valence-corrected chi connectivity index (χ3v) is 4.26. The van der Waals surface area contributed by atoms with Gasteiger partial charge < -0.3 is 5.32 Å². The molecule has 120 valence electrons. The number of hydrogen-bond donors (Lipinski definition) is 1. The van der Waals surface area contributed by atoms with Crippen molar-refractivity contribution < 1.29 is 4.79 Å². The highest BCUT2D eigenvalue weighted by atomic mass is 16.1. The van der Waals surface area contributed by atoms with Crippen molar-refractivity contribution in [3.63, 3.8) is 0 Å². The van der Waals surface area contributed by atoms with Crippen LogP contribution in [-0.4, -0.2) is 12.5 Å². The maximum Gasteiger partial charge on any atom is 0.251 e. The molecule has 0 spiro atoms. The molecule has 0 heterocycles. The Balaban J connectivity index is 1.81. The first kappa shape index (κ1) is 16.0. The van der Waals surface area contributed by atoms with E-state index in [0.717, 1.165) is 11.1 Å². The minimum absolute atomic E-state index is 0.0232. The fraction of sp³-hybridized carbons (Fsp3) is 0.136. The smallest absolute Gasteiger partial charge is 0.251 e. The molecule has 0 atom stereocenters. The van der Waals surface area contributed by atoms with Crippen molar-refractivity contribution in [2.24, 2.45) is 0 Å². The van der Waals surface area contributed by atoms with Crippen molar-refractivity contribution in [3.8, 4) is 0 Å². The van der Waals surface area contributed by atoms with Gasteiger partial charge in [0, 0.05) is 18.0 Å². The zero-order chi connectivity index (χ0) is 16.8. The average molecular weight is 315 g/mol. The van der Waals surface area contributed by atoms with E-state index >= 15 is 0 Å². The fourth-order valence-electron chi connectivity index (χ4n) is 2.92. The van der Waals surface area contributed by atoms with Crippen molar-refractivity contribution in [3.05, 3.63) is 107 Å². The topological polar surface area (TPSA) is 29.1 Å². The van der Waals surface area contributed by atoms with Gasteiger partial charge in [-0.2, -0.15) is 0 Å². The van der Waals surface area contributed by atoms with Crippen LogP contribution in [0.4, 0.5) is 0 Å². The Bertz CT molecular complexity index is 757. The van der Waals surface area contributed by atoms with Crippen molar-refractivity contribution in [2.45, 2.75) is 12.8 Å². The summed E-state index contributed by atoms with van der Waals surface area (Å²) < 4.78 is 0. The number of amides is 1. The molecule has 0 fully saturated rings. The Morgan fingerprint density at radius 2 is 1.29 bits per heavy atom. The van der Waals surface area contributed by atoms with E-state index < -0.39 is 0 Å². The molecule has 0 aliphatic rings. The van der Waals surface area contributed by atoms with E-state index in [4.69, 9.17) is 0 Å². The third kappa shape index (κ3) is 3.72. The zero-order valence-corrected chi connectivity index (χ0v) is 13.8. The molecule has 0 saturated carbocycles. The Labute approximate surface area is 143 Å². The first-order chi connectivity index (χ1) is 11.8. The number of hydrogen-bond acceptors (Lipinski definition) is 1. The van der Waals surface area contributed by atoms with Crippen molar-refractivity contribution in [1.82, 2.24) is 5.32 Å². The largest absolute Gasteiger partial charge is 0.351 e. The molecule has 0 bridgehead atoms. The van der Waals surface area contributed by atoms with Crippen LogP contribution < -0.4 is 5.32 Å². The lowest BCUT2D eigenvalue weighted by Crippen LogP contribution is -2.29. The van der Waals surface area contributed by atoms with Gasteiger partial charge in [0.25, 0.3) is 5.91 Å². The van der Waals surface area contributed by atoms with Crippen LogP contribution in [0.3, 0.4) is 0 Å². The van der Waals surface area contributed by atoms with Gasteiger partial charge in [0.2, 0.25) is 0 Å². The molecule has 3 rings (SSSR count). The highest BCUT2D eigenvalue weighted by Crippen LogP contribution is 2.23. The molecular weight excluding hydrogens is 294 g/mol. The van der Waals surface area contributed by atoms with Gasteiger partial charge in [0.15, 0.2) is 0 Å². The van der Waals surface area contributed by atoms with Crippen LogP contribution in [0.15, 0.2) is 84.9 Å². The number of carbonyl (C=O) groups excluding carboxylic acids is 1. The number of nitrogens with one attached hydrogen (secondary N) is 1. The molecule has 2 heteroatoms. The highest BCUT2D eigenvalue weighted by molar-refractivity contribution is 5.95. The molecule has 0 aliphatic heterocycles. The molecule has 0 unspecified atom stereocenters. The molecule has 3 aromatic rings. The van der Waals surface area contributed by atoms with E-state index in [0.29, 0.717) is 6.54 Å². The minimum atomic E-state index is -0.0232. The molecule has 1 amide bonds. The predicted octanol–water partition coefficient (Wildman–Crippen LogP) is 4.56. The quantitative estimate of drug-likeness (QED) is 0.735. The monoisotopic (exact) mass is 315 g/mol. The van der Waals surface area contributed by atoms with E-state index in [1.54, 1.807) is 0 Å². The van der Waals surface area contributed by atoms with E-state index in [1.807, 2.05) is 67.6 Å². The summed E-state index contributed by atoms with van der Waals surface area (Å²) in [6, 6.07) is 28.3. The van der Waals surface area contributed by atoms with Crippen LogP contribution in [0, 0.1) is 6.92 Å². The lowest BCUT2D eigenvalue weighted by molar-refractivity contribution is 0.0952. The van der Waals surface area contributed by atoms with Gasteiger partial charge in [-0.3, -0.25) is 4.79 Å². The number of rotatable bonds is 5. The Kier molecular flexibility index (Phi) is 5.07. The Morgan fingerprint density at radius 3 is 1.83 bits per heavy atom. The van der Waals surface area contributed by atoms with Crippen LogP contribution in [-0.2, 0) is 0 Å². The van der Waals surface area contributed by atoms with Crippen LogP contribution in [0.2, 0.25) is 0 Å². The summed E-state index contributed by atoms with van der Waals surface area (Å²) in [5, 5.41) is 3.10. The zero-order valence-electron chi connectivity index (χ0n) is 13.8. The first-order valence-corrected chi connectivity index (χ1v) is 8.19. The number of aryl methyl sites for hydroxylation is 1. The lowest BCUT2D eigenvalue weighted by atomic mass is 9.91. The summed E-state index contributed by atoms with van der Waals surface area (Å²) >= 11 is 0. The van der Waals surface area contributed by atoms with Gasteiger partial charge in [0.1, 0.15) is 0 Å². The van der Waals surface area contributed by atoms with E-state index in [9.17, 15) is 4.79 Å². The van der Waals surface area contributed by atoms with Crippen LogP contribution >= 0.6 is 0 Å². The normalized spacial score (nSPS) is 10.6. The third-order valence-electron chi connectivity index (χ3n) is 4.26. The van der Waals surface area contributed by atoms with E-state index in [-0.39, 0.29) is 11.8 Å². The van der Waals surface area contributed by atoms with Crippen LogP contribution in [0.25, 0.3) is 0 Å². The van der Waals surface area contributed by atoms with Gasteiger partial charge in [-0.25, -0.2) is 0 Å².